The minimum absolute atomic E-state index is 0.0328. The summed E-state index contributed by atoms with van der Waals surface area (Å²) in [7, 11) is -3.74. The molecule has 1 heterocycles. The summed E-state index contributed by atoms with van der Waals surface area (Å²) in [5.41, 5.74) is 0.813. The van der Waals surface area contributed by atoms with Crippen LogP contribution in [0.25, 0.3) is 0 Å². The van der Waals surface area contributed by atoms with Crippen molar-refractivity contribution >= 4 is 10.3 Å². The molecule has 17 heavy (non-hydrogen) atoms. The zero-order valence-corrected chi connectivity index (χ0v) is 9.88. The van der Waals surface area contributed by atoms with Gasteiger partial charge in [0.05, 0.1) is 6.61 Å². The summed E-state index contributed by atoms with van der Waals surface area (Å²) in [5, 5.41) is 0. The van der Waals surface area contributed by atoms with Gasteiger partial charge in [-0.1, -0.05) is 40.4 Å². The van der Waals surface area contributed by atoms with E-state index in [1.807, 2.05) is 30.3 Å². The molecule has 4 nitrogen and oxygen atoms in total. The molecule has 0 fully saturated rings. The smallest absolute Gasteiger partial charge is 0.213 e. The first kappa shape index (κ1) is 11.8. The Morgan fingerprint density at radius 3 is 2.18 bits per heavy atom. The van der Waals surface area contributed by atoms with Crippen LogP contribution in [0.1, 0.15) is 5.56 Å². The number of aromatic nitrogens is 1. The highest BCUT2D eigenvalue weighted by Crippen LogP contribution is 2.02. The lowest BCUT2D eigenvalue weighted by molar-refractivity contribution is -0.520. The highest BCUT2D eigenvalue weighted by molar-refractivity contribution is 7.80. The van der Waals surface area contributed by atoms with Crippen molar-refractivity contribution in [1.29, 1.82) is 0 Å². The van der Waals surface area contributed by atoms with E-state index in [-0.39, 0.29) is 6.61 Å². The fourth-order valence-corrected chi connectivity index (χ4v) is 2.15. The van der Waals surface area contributed by atoms with Gasteiger partial charge in [0.1, 0.15) is 0 Å². The minimum atomic E-state index is -3.74. The maximum absolute atomic E-state index is 11.7. The Morgan fingerprint density at radius 1 is 0.941 bits per heavy atom. The van der Waals surface area contributed by atoms with Crippen LogP contribution in [0, 0.1) is 0 Å². The second-order valence-corrected chi connectivity index (χ2v) is 4.92. The van der Waals surface area contributed by atoms with Crippen molar-refractivity contribution in [2.75, 3.05) is 0 Å². The molecule has 0 aliphatic heterocycles. The van der Waals surface area contributed by atoms with Crippen molar-refractivity contribution in [1.82, 2.24) is 0 Å². The van der Waals surface area contributed by atoms with Crippen LogP contribution in [0.2, 0.25) is 0 Å². The summed E-state index contributed by atoms with van der Waals surface area (Å²) >= 11 is 0. The number of benzene rings is 1. The number of rotatable bonds is 4. The summed E-state index contributed by atoms with van der Waals surface area (Å²) in [4.78, 5) is 0. The molecule has 0 unspecified atom stereocenters. The van der Waals surface area contributed by atoms with E-state index in [0.29, 0.717) is 0 Å². The van der Waals surface area contributed by atoms with Crippen LogP contribution < -0.4 is 3.97 Å². The van der Waals surface area contributed by atoms with Gasteiger partial charge in [-0.15, -0.1) is 8.42 Å². The average Bonchev–Trinajstić information content (AvgIpc) is 2.39. The highest BCUT2D eigenvalue weighted by Gasteiger charge is 2.22. The minimum Gasteiger partial charge on any atom is -0.213 e. The normalized spacial score (nSPS) is 11.3. The molecule has 0 spiro atoms. The first-order valence-electron chi connectivity index (χ1n) is 5.09. The van der Waals surface area contributed by atoms with Gasteiger partial charge in [-0.2, -0.15) is 0 Å². The van der Waals surface area contributed by atoms with E-state index >= 15 is 0 Å². The molecule has 1 aromatic heterocycles. The van der Waals surface area contributed by atoms with Gasteiger partial charge in [0.2, 0.25) is 0 Å². The average molecular weight is 250 g/mol. The first-order valence-corrected chi connectivity index (χ1v) is 6.45. The van der Waals surface area contributed by atoms with E-state index in [4.69, 9.17) is 4.18 Å². The SMILES string of the molecule is O=S(=O)(OCc1ccccc1)[n+]1ccccc1. The largest absolute Gasteiger partial charge is 0.514 e. The Hall–Kier alpha value is -1.72. The Kier molecular flexibility index (Phi) is 3.51. The van der Waals surface area contributed by atoms with Crippen LogP contribution in [-0.2, 0) is 21.1 Å². The molecule has 0 aliphatic rings. The van der Waals surface area contributed by atoms with Crippen LogP contribution in [0.3, 0.4) is 0 Å². The maximum atomic E-state index is 11.7. The highest BCUT2D eigenvalue weighted by atomic mass is 32.2. The van der Waals surface area contributed by atoms with Gasteiger partial charge in [-0.25, -0.2) is 4.18 Å². The van der Waals surface area contributed by atoms with Crippen molar-refractivity contribution in [2.45, 2.75) is 6.61 Å². The van der Waals surface area contributed by atoms with E-state index in [0.717, 1.165) is 9.54 Å². The summed E-state index contributed by atoms with van der Waals surface area (Å²) in [6.45, 7) is 0.0328. The lowest BCUT2D eigenvalue weighted by atomic mass is 10.2. The third-order valence-electron chi connectivity index (χ3n) is 2.16. The number of hydrogen-bond acceptors (Lipinski definition) is 3. The van der Waals surface area contributed by atoms with Gasteiger partial charge in [-0.3, -0.25) is 0 Å². The summed E-state index contributed by atoms with van der Waals surface area (Å²) in [5.74, 6) is 0. The van der Waals surface area contributed by atoms with Gasteiger partial charge >= 0.3 is 10.3 Å². The van der Waals surface area contributed by atoms with Crippen molar-refractivity contribution in [3.8, 4) is 0 Å². The van der Waals surface area contributed by atoms with E-state index in [2.05, 4.69) is 0 Å². The topological polar surface area (TPSA) is 47.3 Å². The molecule has 0 amide bonds. The van der Waals surface area contributed by atoms with Crippen LogP contribution >= 0.6 is 0 Å². The van der Waals surface area contributed by atoms with Crippen molar-refractivity contribution < 1.29 is 16.6 Å². The van der Waals surface area contributed by atoms with Gasteiger partial charge in [0, 0.05) is 12.1 Å². The molecule has 0 saturated heterocycles. The van der Waals surface area contributed by atoms with Crippen LogP contribution in [0.15, 0.2) is 60.9 Å². The van der Waals surface area contributed by atoms with Gasteiger partial charge in [-0.05, 0) is 5.56 Å². The lowest BCUT2D eigenvalue weighted by Crippen LogP contribution is -2.42. The third kappa shape index (κ3) is 3.12. The molecular weight excluding hydrogens is 238 g/mol. The molecule has 5 heteroatoms. The molecule has 88 valence electrons. The fourth-order valence-electron chi connectivity index (χ4n) is 1.31. The molecule has 0 bridgehead atoms. The summed E-state index contributed by atoms with van der Waals surface area (Å²) in [6, 6.07) is 14.2. The van der Waals surface area contributed by atoms with Gasteiger partial charge in [0.25, 0.3) is 0 Å². The number of pyridine rings is 1. The molecule has 0 radical (unpaired) electrons. The van der Waals surface area contributed by atoms with Crippen molar-refractivity contribution in [3.63, 3.8) is 0 Å². The van der Waals surface area contributed by atoms with E-state index in [1.54, 1.807) is 18.2 Å². The zero-order chi connectivity index (χ0) is 12.1. The van der Waals surface area contributed by atoms with Crippen molar-refractivity contribution in [3.05, 3.63) is 66.5 Å². The van der Waals surface area contributed by atoms with E-state index in [1.165, 1.54) is 12.4 Å². The van der Waals surface area contributed by atoms with E-state index in [9.17, 15) is 8.42 Å². The van der Waals surface area contributed by atoms with Crippen LogP contribution in [0.4, 0.5) is 0 Å². The molecule has 0 N–H and O–H groups in total. The molecule has 2 rings (SSSR count). The molecule has 1 aromatic carbocycles. The number of nitrogens with zero attached hydrogens (tertiary/aromatic N) is 1. The van der Waals surface area contributed by atoms with Crippen molar-refractivity contribution in [2.24, 2.45) is 0 Å². The Balaban J connectivity index is 2.09. The van der Waals surface area contributed by atoms with Gasteiger partial charge in [0.15, 0.2) is 12.4 Å². The zero-order valence-electron chi connectivity index (χ0n) is 9.06. The summed E-state index contributed by atoms with van der Waals surface area (Å²) in [6.07, 6.45) is 2.86. The van der Waals surface area contributed by atoms with Gasteiger partial charge < -0.3 is 0 Å². The predicted molar refractivity (Wildman–Crippen MR) is 62.2 cm³/mol. The monoisotopic (exact) mass is 250 g/mol. The molecular formula is C12H12NO3S+. The third-order valence-corrected chi connectivity index (χ3v) is 3.34. The quantitative estimate of drug-likeness (QED) is 0.768. The molecule has 2 aromatic rings. The molecule has 0 aliphatic carbocycles. The Morgan fingerprint density at radius 2 is 1.53 bits per heavy atom. The standard InChI is InChI=1S/C12H12NO3S/c14-17(15,13-9-5-2-6-10-13)16-11-12-7-3-1-4-8-12/h1-10H,11H2/q+1. The Bertz CT molecular complexity index is 567. The summed E-state index contributed by atoms with van der Waals surface area (Å²) < 4.78 is 29.5. The second-order valence-electron chi connectivity index (χ2n) is 3.41. The lowest BCUT2D eigenvalue weighted by Gasteiger charge is -2.00. The van der Waals surface area contributed by atoms with Crippen LogP contribution in [-0.4, -0.2) is 8.42 Å². The van der Waals surface area contributed by atoms with E-state index < -0.39 is 10.3 Å². The molecule has 0 saturated carbocycles. The fraction of sp³-hybridized carbons (Fsp3) is 0.0833. The first-order chi connectivity index (χ1) is 8.18. The number of hydrogen-bond donors (Lipinski definition) is 0. The molecule has 0 atom stereocenters. The Labute approximate surface area is 100 Å². The predicted octanol–water partition coefficient (Wildman–Crippen LogP) is 1.28. The van der Waals surface area contributed by atoms with Crippen LogP contribution in [0.5, 0.6) is 0 Å². The second kappa shape index (κ2) is 5.07. The maximum Gasteiger partial charge on any atom is 0.514 e.